The van der Waals surface area contributed by atoms with Gasteiger partial charge in [0, 0.05) is 4.88 Å². The largest absolute Gasteiger partial charge is 0.220 e. The quantitative estimate of drug-likeness (QED) is 0.626. The second kappa shape index (κ2) is 3.40. The molecule has 0 bridgehead atoms. The van der Waals surface area contributed by atoms with Crippen LogP contribution in [-0.4, -0.2) is 19.6 Å². The van der Waals surface area contributed by atoms with Gasteiger partial charge in [-0.15, -0.1) is 22.9 Å². The summed E-state index contributed by atoms with van der Waals surface area (Å²) < 4.78 is 1.72. The number of fused-ring (bicyclic) bond motifs is 3. The SMILES string of the molecule is Cc1sc2nc(CCl)n3ncnc3c2c1C. The van der Waals surface area contributed by atoms with Crippen molar-refractivity contribution in [2.24, 2.45) is 0 Å². The topological polar surface area (TPSA) is 43.1 Å². The number of thiophene rings is 1. The molecule has 6 heteroatoms. The molecule has 0 unspecified atom stereocenters. The molecular weight excluding hydrogens is 244 g/mol. The van der Waals surface area contributed by atoms with Crippen LogP contribution in [0.5, 0.6) is 0 Å². The minimum absolute atomic E-state index is 0.339. The van der Waals surface area contributed by atoms with Gasteiger partial charge in [0.2, 0.25) is 0 Å². The van der Waals surface area contributed by atoms with E-state index in [1.165, 1.54) is 10.4 Å². The summed E-state index contributed by atoms with van der Waals surface area (Å²) in [6.07, 6.45) is 1.54. The lowest BCUT2D eigenvalue weighted by atomic mass is 10.2. The summed E-state index contributed by atoms with van der Waals surface area (Å²) in [5, 5.41) is 5.24. The highest BCUT2D eigenvalue weighted by atomic mass is 35.5. The average Bonchev–Trinajstić information content (AvgIpc) is 2.84. The van der Waals surface area contributed by atoms with Gasteiger partial charge in [-0.25, -0.2) is 9.97 Å². The van der Waals surface area contributed by atoms with Crippen LogP contribution in [0.3, 0.4) is 0 Å². The normalized spacial score (nSPS) is 11.7. The average molecular weight is 253 g/mol. The van der Waals surface area contributed by atoms with Crippen LogP contribution in [-0.2, 0) is 5.88 Å². The minimum Gasteiger partial charge on any atom is -0.220 e. The van der Waals surface area contributed by atoms with Crippen molar-refractivity contribution in [3.8, 4) is 0 Å². The van der Waals surface area contributed by atoms with Crippen molar-refractivity contribution >= 4 is 38.8 Å². The Balaban J connectivity index is 2.59. The van der Waals surface area contributed by atoms with E-state index in [4.69, 9.17) is 11.6 Å². The first kappa shape index (κ1) is 9.99. The zero-order chi connectivity index (χ0) is 11.3. The molecule has 0 aliphatic carbocycles. The van der Waals surface area contributed by atoms with Crippen LogP contribution in [0.4, 0.5) is 0 Å². The molecule has 0 radical (unpaired) electrons. The molecule has 0 N–H and O–H groups in total. The van der Waals surface area contributed by atoms with E-state index < -0.39 is 0 Å². The molecule has 0 spiro atoms. The fraction of sp³-hybridized carbons (Fsp3) is 0.300. The molecule has 3 aromatic heterocycles. The van der Waals surface area contributed by atoms with Gasteiger partial charge in [0.15, 0.2) is 5.65 Å². The van der Waals surface area contributed by atoms with Crippen molar-refractivity contribution in [3.05, 3.63) is 22.6 Å². The maximum atomic E-state index is 5.86. The van der Waals surface area contributed by atoms with Crippen molar-refractivity contribution in [2.75, 3.05) is 0 Å². The molecule has 16 heavy (non-hydrogen) atoms. The van der Waals surface area contributed by atoms with E-state index in [0.717, 1.165) is 21.7 Å². The number of aryl methyl sites for hydroxylation is 2. The van der Waals surface area contributed by atoms with E-state index in [1.54, 1.807) is 22.2 Å². The van der Waals surface area contributed by atoms with Crippen molar-refractivity contribution in [1.29, 1.82) is 0 Å². The third-order valence-corrected chi connectivity index (χ3v) is 4.07. The highest BCUT2D eigenvalue weighted by molar-refractivity contribution is 7.18. The molecule has 3 heterocycles. The Hall–Kier alpha value is -1.20. The van der Waals surface area contributed by atoms with E-state index in [9.17, 15) is 0 Å². The lowest BCUT2D eigenvalue weighted by molar-refractivity contribution is 0.867. The summed E-state index contributed by atoms with van der Waals surface area (Å²) in [5.41, 5.74) is 2.08. The van der Waals surface area contributed by atoms with Gasteiger partial charge in [0.05, 0.1) is 11.3 Å². The lowest BCUT2D eigenvalue weighted by Crippen LogP contribution is -2.00. The molecule has 3 aromatic rings. The first-order valence-electron chi connectivity index (χ1n) is 4.86. The molecule has 0 aliphatic rings. The Morgan fingerprint density at radius 3 is 3.00 bits per heavy atom. The second-order valence-electron chi connectivity index (χ2n) is 3.62. The van der Waals surface area contributed by atoms with Gasteiger partial charge in [-0.1, -0.05) is 0 Å². The highest BCUT2D eigenvalue weighted by Crippen LogP contribution is 2.31. The molecule has 4 nitrogen and oxygen atoms in total. The van der Waals surface area contributed by atoms with Crippen molar-refractivity contribution < 1.29 is 0 Å². The van der Waals surface area contributed by atoms with E-state index in [2.05, 4.69) is 28.9 Å². The van der Waals surface area contributed by atoms with Crippen LogP contribution >= 0.6 is 22.9 Å². The fourth-order valence-corrected chi connectivity index (χ4v) is 3.02. The van der Waals surface area contributed by atoms with Crippen LogP contribution < -0.4 is 0 Å². The summed E-state index contributed by atoms with van der Waals surface area (Å²) in [7, 11) is 0. The van der Waals surface area contributed by atoms with E-state index in [1.807, 2.05) is 0 Å². The van der Waals surface area contributed by atoms with Crippen LogP contribution in [0.25, 0.3) is 15.9 Å². The van der Waals surface area contributed by atoms with Crippen molar-refractivity contribution in [1.82, 2.24) is 19.6 Å². The van der Waals surface area contributed by atoms with E-state index in [-0.39, 0.29) is 0 Å². The third-order valence-electron chi connectivity index (χ3n) is 2.73. The Kier molecular flexibility index (Phi) is 2.12. The van der Waals surface area contributed by atoms with Crippen molar-refractivity contribution in [3.63, 3.8) is 0 Å². The maximum absolute atomic E-state index is 5.86. The van der Waals surface area contributed by atoms with Gasteiger partial charge in [-0.3, -0.25) is 0 Å². The first-order chi connectivity index (χ1) is 7.72. The lowest BCUT2D eigenvalue weighted by Gasteiger charge is -2.00. The smallest absolute Gasteiger partial charge is 0.167 e. The third kappa shape index (κ3) is 1.18. The summed E-state index contributed by atoms with van der Waals surface area (Å²) in [4.78, 5) is 11.1. The standard InChI is InChI=1S/C10H9ClN4S/c1-5-6(2)16-10-8(5)9-12-4-13-15(9)7(3-11)14-10/h4H,3H2,1-2H3. The fourth-order valence-electron chi connectivity index (χ4n) is 1.80. The van der Waals surface area contributed by atoms with Gasteiger partial charge < -0.3 is 0 Å². The molecular formula is C10H9ClN4S. The molecule has 82 valence electrons. The summed E-state index contributed by atoms with van der Waals surface area (Å²) >= 11 is 7.54. The number of rotatable bonds is 1. The van der Waals surface area contributed by atoms with E-state index >= 15 is 0 Å². The van der Waals surface area contributed by atoms with E-state index in [0.29, 0.717) is 5.88 Å². The highest BCUT2D eigenvalue weighted by Gasteiger charge is 2.14. The summed E-state index contributed by atoms with van der Waals surface area (Å²) in [6, 6.07) is 0. The Labute approximate surface area is 101 Å². The second-order valence-corrected chi connectivity index (χ2v) is 5.09. The monoisotopic (exact) mass is 252 g/mol. The number of aromatic nitrogens is 4. The molecule has 0 fully saturated rings. The number of alkyl halides is 1. The molecule has 0 saturated heterocycles. The summed E-state index contributed by atoms with van der Waals surface area (Å²) in [6.45, 7) is 4.18. The van der Waals surface area contributed by atoms with Crippen LogP contribution in [0, 0.1) is 13.8 Å². The number of halogens is 1. The van der Waals surface area contributed by atoms with Crippen LogP contribution in [0.1, 0.15) is 16.3 Å². The van der Waals surface area contributed by atoms with Gasteiger partial charge in [-0.05, 0) is 19.4 Å². The number of nitrogens with zero attached hydrogens (tertiary/aromatic N) is 4. The van der Waals surface area contributed by atoms with Gasteiger partial charge in [0.1, 0.15) is 17.0 Å². The Morgan fingerprint density at radius 2 is 2.25 bits per heavy atom. The zero-order valence-corrected chi connectivity index (χ0v) is 10.4. The summed E-state index contributed by atoms with van der Waals surface area (Å²) in [5.74, 6) is 1.08. The van der Waals surface area contributed by atoms with Crippen LogP contribution in [0.2, 0.25) is 0 Å². The molecule has 0 atom stereocenters. The first-order valence-corrected chi connectivity index (χ1v) is 6.21. The molecule has 3 rings (SSSR count). The number of hydrogen-bond donors (Lipinski definition) is 0. The Morgan fingerprint density at radius 1 is 1.44 bits per heavy atom. The molecule has 0 saturated carbocycles. The maximum Gasteiger partial charge on any atom is 0.167 e. The number of hydrogen-bond acceptors (Lipinski definition) is 4. The van der Waals surface area contributed by atoms with Gasteiger partial charge >= 0.3 is 0 Å². The predicted molar refractivity (Wildman–Crippen MR) is 65.2 cm³/mol. The molecule has 0 amide bonds. The molecule has 0 aliphatic heterocycles. The van der Waals surface area contributed by atoms with Gasteiger partial charge in [-0.2, -0.15) is 9.61 Å². The predicted octanol–water partition coefficient (Wildman–Crippen LogP) is 2.69. The zero-order valence-electron chi connectivity index (χ0n) is 8.86. The Bertz CT molecular complexity index is 685. The van der Waals surface area contributed by atoms with Gasteiger partial charge in [0.25, 0.3) is 0 Å². The molecule has 0 aromatic carbocycles. The van der Waals surface area contributed by atoms with Crippen molar-refractivity contribution in [2.45, 2.75) is 19.7 Å². The van der Waals surface area contributed by atoms with Crippen LogP contribution in [0.15, 0.2) is 6.33 Å². The minimum atomic E-state index is 0.339.